The zero-order chi connectivity index (χ0) is 10.1. The summed E-state index contributed by atoms with van der Waals surface area (Å²) in [5, 5.41) is 17.3. The fourth-order valence-electron chi connectivity index (χ4n) is 0.553. The number of aliphatic hydroxyl groups excluding tert-OH is 2. The van der Waals surface area contributed by atoms with Gasteiger partial charge in [0.25, 0.3) is 0 Å². The monoisotopic (exact) mass is 186 g/mol. The molecule has 4 nitrogen and oxygen atoms in total. The maximum Gasteiger partial charge on any atom is 0.302 e. The summed E-state index contributed by atoms with van der Waals surface area (Å²) in [7, 11) is 0. The van der Waals surface area contributed by atoms with Crippen LogP contribution in [-0.4, -0.2) is 35.5 Å². The van der Waals surface area contributed by atoms with E-state index in [9.17, 15) is 4.79 Å². The first-order chi connectivity index (χ1) is 6.16. The van der Waals surface area contributed by atoms with E-state index in [2.05, 4.69) is 4.74 Å². The Labute approximate surface area is 77.1 Å². The summed E-state index contributed by atoms with van der Waals surface area (Å²) < 4.78 is 4.60. The summed E-state index contributed by atoms with van der Waals surface area (Å²) in [4.78, 5) is 10.3. The van der Waals surface area contributed by atoms with Crippen LogP contribution >= 0.6 is 0 Å². The Morgan fingerprint density at radius 3 is 2.77 bits per heavy atom. The molecule has 0 fully saturated rings. The van der Waals surface area contributed by atoms with Crippen molar-refractivity contribution in [1.82, 2.24) is 0 Å². The van der Waals surface area contributed by atoms with Gasteiger partial charge in [0.2, 0.25) is 0 Å². The molecule has 0 amide bonds. The van der Waals surface area contributed by atoms with Crippen molar-refractivity contribution in [1.29, 1.82) is 0 Å². The molecule has 0 aromatic rings. The van der Waals surface area contributed by atoms with Crippen molar-refractivity contribution < 1.29 is 19.7 Å². The summed E-state index contributed by atoms with van der Waals surface area (Å²) in [6, 6.07) is 0. The van der Waals surface area contributed by atoms with E-state index in [1.165, 1.54) is 13.0 Å². The van der Waals surface area contributed by atoms with E-state index in [1.807, 2.05) is 0 Å². The molecule has 13 heavy (non-hydrogen) atoms. The van der Waals surface area contributed by atoms with Crippen LogP contribution in [0.5, 0.6) is 0 Å². The smallest absolute Gasteiger partial charge is 0.302 e. The van der Waals surface area contributed by atoms with Gasteiger partial charge in [0.05, 0.1) is 12.7 Å². The maximum absolute atomic E-state index is 10.3. The van der Waals surface area contributed by atoms with E-state index in [0.717, 1.165) is 0 Å². The Kier molecular flexibility index (Phi) is 6.86. The van der Waals surface area contributed by atoms with Crippen molar-refractivity contribution in [2.75, 3.05) is 13.2 Å². The standard InChI is InChI=1S/C9H14O4/c1-8(11)13-6-4-2-3-5-9(12)7-10/h2-5,9-10,12H,6-7H2,1H3/b4-2+,5-3+. The fraction of sp³-hybridized carbons (Fsp3) is 0.444. The molecule has 0 saturated carbocycles. The molecule has 0 aromatic heterocycles. The van der Waals surface area contributed by atoms with Gasteiger partial charge in [0.1, 0.15) is 6.61 Å². The molecular weight excluding hydrogens is 172 g/mol. The second kappa shape index (κ2) is 7.52. The summed E-state index contributed by atoms with van der Waals surface area (Å²) in [5.41, 5.74) is 0. The van der Waals surface area contributed by atoms with Gasteiger partial charge in [-0.25, -0.2) is 0 Å². The summed E-state index contributed by atoms with van der Waals surface area (Å²) in [5.74, 6) is -0.330. The van der Waals surface area contributed by atoms with Gasteiger partial charge in [0.15, 0.2) is 0 Å². The highest BCUT2D eigenvalue weighted by molar-refractivity contribution is 5.65. The summed E-state index contributed by atoms with van der Waals surface area (Å²) >= 11 is 0. The van der Waals surface area contributed by atoms with Crippen LogP contribution in [0.1, 0.15) is 6.92 Å². The molecule has 0 aliphatic carbocycles. The highest BCUT2D eigenvalue weighted by Gasteiger charge is 1.90. The molecule has 0 radical (unpaired) electrons. The van der Waals surface area contributed by atoms with Crippen molar-refractivity contribution in [3.63, 3.8) is 0 Å². The van der Waals surface area contributed by atoms with E-state index in [0.29, 0.717) is 0 Å². The molecule has 0 rings (SSSR count). The quantitative estimate of drug-likeness (QED) is 0.469. The zero-order valence-corrected chi connectivity index (χ0v) is 7.51. The molecule has 0 saturated heterocycles. The molecule has 0 heterocycles. The minimum atomic E-state index is -0.835. The van der Waals surface area contributed by atoms with Gasteiger partial charge in [-0.3, -0.25) is 4.79 Å². The first-order valence-electron chi connectivity index (χ1n) is 3.92. The predicted octanol–water partition coefficient (Wildman–Crippen LogP) is 0.0151. The fourth-order valence-corrected chi connectivity index (χ4v) is 0.553. The third-order valence-electron chi connectivity index (χ3n) is 1.15. The molecule has 0 bridgehead atoms. The Morgan fingerprint density at radius 2 is 2.23 bits per heavy atom. The highest BCUT2D eigenvalue weighted by Crippen LogP contribution is 1.85. The lowest BCUT2D eigenvalue weighted by Crippen LogP contribution is -2.06. The molecule has 0 aromatic carbocycles. The first-order valence-corrected chi connectivity index (χ1v) is 3.92. The largest absolute Gasteiger partial charge is 0.462 e. The number of carbonyl (C=O) groups is 1. The predicted molar refractivity (Wildman–Crippen MR) is 48.0 cm³/mol. The average molecular weight is 186 g/mol. The third kappa shape index (κ3) is 8.78. The SMILES string of the molecule is CC(=O)OC/C=C/C=C/C(O)CO. The Hall–Kier alpha value is -1.13. The van der Waals surface area contributed by atoms with Crippen molar-refractivity contribution in [3.05, 3.63) is 24.3 Å². The van der Waals surface area contributed by atoms with E-state index in [-0.39, 0.29) is 19.2 Å². The lowest BCUT2D eigenvalue weighted by Gasteiger charge is -1.96. The second-order valence-corrected chi connectivity index (χ2v) is 2.37. The minimum absolute atomic E-state index is 0.217. The van der Waals surface area contributed by atoms with E-state index in [4.69, 9.17) is 10.2 Å². The lowest BCUT2D eigenvalue weighted by molar-refractivity contribution is -0.139. The van der Waals surface area contributed by atoms with Gasteiger partial charge in [0, 0.05) is 6.92 Å². The lowest BCUT2D eigenvalue weighted by atomic mass is 10.3. The van der Waals surface area contributed by atoms with Gasteiger partial charge in [-0.15, -0.1) is 0 Å². The van der Waals surface area contributed by atoms with Crippen LogP contribution in [0.3, 0.4) is 0 Å². The third-order valence-corrected chi connectivity index (χ3v) is 1.15. The van der Waals surface area contributed by atoms with Gasteiger partial charge in [-0.2, -0.15) is 0 Å². The van der Waals surface area contributed by atoms with Gasteiger partial charge >= 0.3 is 5.97 Å². The Bertz CT molecular complexity index is 196. The number of carbonyl (C=O) groups excluding carboxylic acids is 1. The zero-order valence-electron chi connectivity index (χ0n) is 7.51. The molecule has 1 atom stereocenters. The summed E-state index contributed by atoms with van der Waals surface area (Å²) in [6.07, 6.45) is 5.43. The van der Waals surface area contributed by atoms with E-state index < -0.39 is 6.10 Å². The van der Waals surface area contributed by atoms with Crippen LogP contribution in [0.4, 0.5) is 0 Å². The molecular formula is C9H14O4. The molecule has 74 valence electrons. The van der Waals surface area contributed by atoms with E-state index >= 15 is 0 Å². The van der Waals surface area contributed by atoms with Crippen LogP contribution in [0, 0.1) is 0 Å². The number of ether oxygens (including phenoxy) is 1. The maximum atomic E-state index is 10.3. The van der Waals surface area contributed by atoms with Crippen LogP contribution in [-0.2, 0) is 9.53 Å². The molecule has 0 aliphatic heterocycles. The van der Waals surface area contributed by atoms with Crippen molar-refractivity contribution in [3.8, 4) is 0 Å². The summed E-state index contributed by atoms with van der Waals surface area (Å²) in [6.45, 7) is 1.25. The first kappa shape index (κ1) is 11.9. The molecule has 0 aliphatic rings. The molecule has 0 spiro atoms. The van der Waals surface area contributed by atoms with Gasteiger partial charge < -0.3 is 14.9 Å². The molecule has 1 unspecified atom stereocenters. The Morgan fingerprint density at radius 1 is 1.54 bits per heavy atom. The number of aliphatic hydroxyl groups is 2. The van der Waals surface area contributed by atoms with Crippen LogP contribution < -0.4 is 0 Å². The molecule has 4 heteroatoms. The second-order valence-electron chi connectivity index (χ2n) is 2.37. The Balaban J connectivity index is 3.51. The van der Waals surface area contributed by atoms with E-state index in [1.54, 1.807) is 18.2 Å². The number of hydrogen-bond acceptors (Lipinski definition) is 4. The van der Waals surface area contributed by atoms with Crippen LogP contribution in [0.25, 0.3) is 0 Å². The minimum Gasteiger partial charge on any atom is -0.462 e. The highest BCUT2D eigenvalue weighted by atomic mass is 16.5. The average Bonchev–Trinajstić information content (AvgIpc) is 2.10. The number of allylic oxidation sites excluding steroid dienone is 2. The van der Waals surface area contributed by atoms with Gasteiger partial charge in [-0.05, 0) is 6.08 Å². The van der Waals surface area contributed by atoms with Crippen LogP contribution in [0.2, 0.25) is 0 Å². The van der Waals surface area contributed by atoms with Crippen molar-refractivity contribution >= 4 is 5.97 Å². The normalized spacial score (nSPS) is 13.8. The number of esters is 1. The molecule has 2 N–H and O–H groups in total. The number of hydrogen-bond donors (Lipinski definition) is 2. The van der Waals surface area contributed by atoms with Gasteiger partial charge in [-0.1, -0.05) is 18.2 Å². The topological polar surface area (TPSA) is 66.8 Å². The van der Waals surface area contributed by atoms with Crippen LogP contribution in [0.15, 0.2) is 24.3 Å². The number of rotatable bonds is 5. The van der Waals surface area contributed by atoms with Crippen molar-refractivity contribution in [2.45, 2.75) is 13.0 Å². The van der Waals surface area contributed by atoms with Crippen molar-refractivity contribution in [2.24, 2.45) is 0 Å².